The van der Waals surface area contributed by atoms with Gasteiger partial charge in [0.05, 0.1) is 12.0 Å². The van der Waals surface area contributed by atoms with E-state index < -0.39 is 0 Å². The van der Waals surface area contributed by atoms with Crippen LogP contribution in [0, 0.1) is 19.7 Å². The number of likely N-dealkylation sites (tertiary alicyclic amines) is 1. The number of pyridine rings is 1. The first-order valence-electron chi connectivity index (χ1n) is 10.5. The molecule has 1 aliphatic rings. The zero-order chi connectivity index (χ0) is 22.7. The maximum absolute atomic E-state index is 13.0. The van der Waals surface area contributed by atoms with Gasteiger partial charge in [-0.1, -0.05) is 0 Å². The molecule has 164 valence electrons. The Labute approximate surface area is 185 Å². The van der Waals surface area contributed by atoms with Gasteiger partial charge in [0.2, 0.25) is 5.91 Å². The third-order valence-electron chi connectivity index (χ3n) is 5.65. The molecule has 0 aliphatic carbocycles. The van der Waals surface area contributed by atoms with E-state index in [0.717, 1.165) is 23.4 Å². The fourth-order valence-corrected chi connectivity index (χ4v) is 3.93. The SMILES string of the molecule is Cc1nc([C@@H]2CCN(C(=O)c3cccnc3)C2)nc(C)c1CC(=O)Nc1ccc(F)cc1. The van der Waals surface area contributed by atoms with Crippen molar-refractivity contribution >= 4 is 17.5 Å². The van der Waals surface area contributed by atoms with E-state index in [2.05, 4.69) is 20.3 Å². The molecule has 2 aromatic heterocycles. The van der Waals surface area contributed by atoms with Gasteiger partial charge in [-0.3, -0.25) is 14.6 Å². The van der Waals surface area contributed by atoms with Crippen molar-refractivity contribution in [3.63, 3.8) is 0 Å². The zero-order valence-electron chi connectivity index (χ0n) is 18.0. The van der Waals surface area contributed by atoms with Gasteiger partial charge in [0.25, 0.3) is 5.91 Å². The molecule has 0 unspecified atom stereocenters. The number of amides is 2. The van der Waals surface area contributed by atoms with Crippen molar-refractivity contribution in [2.24, 2.45) is 0 Å². The topological polar surface area (TPSA) is 88.1 Å². The van der Waals surface area contributed by atoms with Crippen molar-refractivity contribution in [2.75, 3.05) is 18.4 Å². The van der Waals surface area contributed by atoms with E-state index in [0.29, 0.717) is 30.2 Å². The lowest BCUT2D eigenvalue weighted by Gasteiger charge is -2.17. The van der Waals surface area contributed by atoms with E-state index in [1.54, 1.807) is 29.4 Å². The van der Waals surface area contributed by atoms with Crippen LogP contribution >= 0.6 is 0 Å². The molecule has 1 aliphatic heterocycles. The molecule has 1 atom stereocenters. The van der Waals surface area contributed by atoms with E-state index in [1.807, 2.05) is 13.8 Å². The van der Waals surface area contributed by atoms with Crippen molar-refractivity contribution in [3.8, 4) is 0 Å². The Hall–Kier alpha value is -3.68. The van der Waals surface area contributed by atoms with Crippen LogP contribution < -0.4 is 5.32 Å². The normalized spacial score (nSPS) is 15.6. The smallest absolute Gasteiger partial charge is 0.255 e. The van der Waals surface area contributed by atoms with Gasteiger partial charge in [-0.15, -0.1) is 0 Å². The molecule has 0 saturated carbocycles. The van der Waals surface area contributed by atoms with Gasteiger partial charge in [-0.2, -0.15) is 0 Å². The van der Waals surface area contributed by atoms with Gasteiger partial charge in [0, 0.05) is 54.0 Å². The van der Waals surface area contributed by atoms with Gasteiger partial charge >= 0.3 is 0 Å². The standard InChI is InChI=1S/C24H24FN5O2/c1-15-21(12-22(31)29-20-7-5-19(25)6-8-20)16(2)28-23(27-15)18-9-11-30(14-18)24(32)17-4-3-10-26-13-17/h3-8,10,13,18H,9,11-12,14H2,1-2H3,(H,29,31)/t18-/m1/s1. The summed E-state index contributed by atoms with van der Waals surface area (Å²) in [5, 5.41) is 2.77. The fraction of sp³-hybridized carbons (Fsp3) is 0.292. The second kappa shape index (κ2) is 9.21. The molecule has 4 rings (SSSR count). The number of hydrogen-bond acceptors (Lipinski definition) is 5. The molecule has 3 heterocycles. The molecule has 0 spiro atoms. The summed E-state index contributed by atoms with van der Waals surface area (Å²) in [4.78, 5) is 40.3. The van der Waals surface area contributed by atoms with Crippen LogP contribution in [0.25, 0.3) is 0 Å². The lowest BCUT2D eigenvalue weighted by Crippen LogP contribution is -2.28. The van der Waals surface area contributed by atoms with Crippen LogP contribution in [0.4, 0.5) is 10.1 Å². The Morgan fingerprint density at radius 2 is 1.84 bits per heavy atom. The number of rotatable bonds is 5. The van der Waals surface area contributed by atoms with Gasteiger partial charge in [-0.05, 0) is 56.7 Å². The van der Waals surface area contributed by atoms with E-state index in [4.69, 9.17) is 0 Å². The number of carbonyl (C=O) groups excluding carboxylic acids is 2. The zero-order valence-corrected chi connectivity index (χ0v) is 18.0. The first kappa shape index (κ1) is 21.5. The minimum atomic E-state index is -0.355. The van der Waals surface area contributed by atoms with Gasteiger partial charge < -0.3 is 10.2 Å². The van der Waals surface area contributed by atoms with Crippen molar-refractivity contribution in [1.29, 1.82) is 0 Å². The summed E-state index contributed by atoms with van der Waals surface area (Å²) in [7, 11) is 0. The molecular formula is C24H24FN5O2. The van der Waals surface area contributed by atoms with Crippen molar-refractivity contribution in [2.45, 2.75) is 32.6 Å². The van der Waals surface area contributed by atoms with Gasteiger partial charge in [-0.25, -0.2) is 14.4 Å². The predicted molar refractivity (Wildman–Crippen MR) is 118 cm³/mol. The summed E-state index contributed by atoms with van der Waals surface area (Å²) in [5.74, 6) is 0.141. The first-order chi connectivity index (χ1) is 15.4. The molecule has 2 amide bonds. The predicted octanol–water partition coefficient (Wildman–Crippen LogP) is 3.44. The molecule has 8 heteroatoms. The van der Waals surface area contributed by atoms with E-state index >= 15 is 0 Å². The summed E-state index contributed by atoms with van der Waals surface area (Å²) in [6.45, 7) is 4.93. The number of anilines is 1. The van der Waals surface area contributed by atoms with Crippen LogP contribution in [-0.2, 0) is 11.2 Å². The molecule has 1 N–H and O–H groups in total. The Morgan fingerprint density at radius 1 is 1.12 bits per heavy atom. The highest BCUT2D eigenvalue weighted by Crippen LogP contribution is 2.27. The van der Waals surface area contributed by atoms with Crippen LogP contribution in [0.15, 0.2) is 48.8 Å². The highest BCUT2D eigenvalue weighted by atomic mass is 19.1. The Bertz CT molecular complexity index is 1110. The van der Waals surface area contributed by atoms with Crippen LogP contribution in [-0.4, -0.2) is 44.8 Å². The molecule has 3 aromatic rings. The van der Waals surface area contributed by atoms with Crippen LogP contribution in [0.3, 0.4) is 0 Å². The summed E-state index contributed by atoms with van der Waals surface area (Å²) in [6, 6.07) is 9.15. The number of aryl methyl sites for hydroxylation is 2. The number of nitrogens with zero attached hydrogens (tertiary/aromatic N) is 4. The number of carbonyl (C=O) groups is 2. The molecule has 1 aromatic carbocycles. The minimum Gasteiger partial charge on any atom is -0.338 e. The first-order valence-corrected chi connectivity index (χ1v) is 10.5. The van der Waals surface area contributed by atoms with Gasteiger partial charge in [0.1, 0.15) is 11.6 Å². The van der Waals surface area contributed by atoms with E-state index in [-0.39, 0.29) is 30.0 Å². The second-order valence-electron chi connectivity index (χ2n) is 7.94. The van der Waals surface area contributed by atoms with Crippen LogP contribution in [0.1, 0.15) is 45.5 Å². The van der Waals surface area contributed by atoms with Crippen molar-refractivity contribution in [1.82, 2.24) is 19.9 Å². The number of hydrogen-bond donors (Lipinski definition) is 1. The summed E-state index contributed by atoms with van der Waals surface area (Å²) in [5.41, 5.74) is 3.38. The van der Waals surface area contributed by atoms with Crippen molar-refractivity contribution < 1.29 is 14.0 Å². The summed E-state index contributed by atoms with van der Waals surface area (Å²) in [6.07, 6.45) is 4.14. The quantitative estimate of drug-likeness (QED) is 0.666. The third kappa shape index (κ3) is 4.80. The number of benzene rings is 1. The fourth-order valence-electron chi connectivity index (χ4n) is 3.93. The Morgan fingerprint density at radius 3 is 2.50 bits per heavy atom. The maximum Gasteiger partial charge on any atom is 0.255 e. The molecule has 32 heavy (non-hydrogen) atoms. The molecule has 0 bridgehead atoms. The molecule has 0 radical (unpaired) electrons. The number of aromatic nitrogens is 3. The van der Waals surface area contributed by atoms with E-state index in [1.165, 1.54) is 24.3 Å². The highest BCUT2D eigenvalue weighted by molar-refractivity contribution is 5.94. The molecular weight excluding hydrogens is 409 g/mol. The maximum atomic E-state index is 13.0. The lowest BCUT2D eigenvalue weighted by molar-refractivity contribution is -0.115. The summed E-state index contributed by atoms with van der Waals surface area (Å²) >= 11 is 0. The van der Waals surface area contributed by atoms with Crippen LogP contribution in [0.5, 0.6) is 0 Å². The molecule has 1 saturated heterocycles. The average Bonchev–Trinajstić information content (AvgIpc) is 3.28. The largest absolute Gasteiger partial charge is 0.338 e. The minimum absolute atomic E-state index is 0.0388. The Balaban J connectivity index is 1.43. The number of halogens is 1. The van der Waals surface area contributed by atoms with Gasteiger partial charge in [0.15, 0.2) is 0 Å². The van der Waals surface area contributed by atoms with Crippen LogP contribution in [0.2, 0.25) is 0 Å². The monoisotopic (exact) mass is 433 g/mol. The summed E-state index contributed by atoms with van der Waals surface area (Å²) < 4.78 is 13.0. The second-order valence-corrected chi connectivity index (χ2v) is 7.94. The lowest BCUT2D eigenvalue weighted by atomic mass is 10.0. The highest BCUT2D eigenvalue weighted by Gasteiger charge is 2.30. The van der Waals surface area contributed by atoms with Crippen molar-refractivity contribution in [3.05, 3.63) is 82.9 Å². The van der Waals surface area contributed by atoms with E-state index in [9.17, 15) is 14.0 Å². The number of nitrogens with one attached hydrogen (secondary N) is 1. The molecule has 1 fully saturated rings. The Kier molecular flexibility index (Phi) is 6.20. The average molecular weight is 433 g/mol. The third-order valence-corrected chi connectivity index (χ3v) is 5.65. The molecule has 7 nitrogen and oxygen atoms in total.